The average Bonchev–Trinajstić information content (AvgIpc) is 2.28. The first-order valence-corrected chi connectivity index (χ1v) is 7.06. The number of hydrogen-bond donors (Lipinski definition) is 3. The van der Waals surface area contributed by atoms with Crippen molar-refractivity contribution in [2.45, 2.75) is 25.8 Å². The van der Waals surface area contributed by atoms with Gasteiger partial charge in [0, 0.05) is 43.7 Å². The molecule has 0 aliphatic carbocycles. The summed E-state index contributed by atoms with van der Waals surface area (Å²) >= 11 is 1.90. The molecule has 0 saturated carbocycles. The Morgan fingerprint density at radius 2 is 2.50 bits per heavy atom. The first-order valence-electron chi connectivity index (χ1n) is 5.91. The van der Waals surface area contributed by atoms with Crippen LogP contribution in [0.5, 0.6) is 0 Å². The second-order valence-corrected chi connectivity index (χ2v) is 5.50. The second-order valence-electron chi connectivity index (χ2n) is 4.35. The van der Waals surface area contributed by atoms with Gasteiger partial charge in [0.2, 0.25) is 5.91 Å². The van der Waals surface area contributed by atoms with Crippen molar-refractivity contribution < 1.29 is 9.90 Å². The first kappa shape index (κ1) is 13.8. The second kappa shape index (κ2) is 7.92. The molecule has 1 rings (SSSR count). The number of carbonyl (C=O) groups excluding carboxylic acids is 1. The molecule has 0 bridgehead atoms. The van der Waals surface area contributed by atoms with Crippen LogP contribution in [0.15, 0.2) is 0 Å². The van der Waals surface area contributed by atoms with Crippen molar-refractivity contribution in [2.75, 3.05) is 31.2 Å². The minimum atomic E-state index is 0.116. The summed E-state index contributed by atoms with van der Waals surface area (Å²) in [5.74, 6) is 2.64. The Morgan fingerprint density at radius 3 is 3.12 bits per heavy atom. The van der Waals surface area contributed by atoms with E-state index in [1.165, 1.54) is 0 Å². The van der Waals surface area contributed by atoms with Crippen molar-refractivity contribution in [1.82, 2.24) is 10.6 Å². The van der Waals surface area contributed by atoms with Crippen LogP contribution < -0.4 is 10.6 Å². The van der Waals surface area contributed by atoms with E-state index in [1.54, 1.807) is 0 Å². The largest absolute Gasteiger partial charge is 0.396 e. The summed E-state index contributed by atoms with van der Waals surface area (Å²) in [6.07, 6.45) is 1.32. The number of amides is 1. The van der Waals surface area contributed by atoms with Crippen LogP contribution in [0, 0.1) is 5.92 Å². The lowest BCUT2D eigenvalue weighted by atomic mass is 10.1. The van der Waals surface area contributed by atoms with Gasteiger partial charge in [-0.1, -0.05) is 6.92 Å². The van der Waals surface area contributed by atoms with Gasteiger partial charge in [-0.3, -0.25) is 4.79 Å². The van der Waals surface area contributed by atoms with Crippen molar-refractivity contribution in [1.29, 1.82) is 0 Å². The molecule has 0 aromatic rings. The highest BCUT2D eigenvalue weighted by atomic mass is 32.2. The predicted molar refractivity (Wildman–Crippen MR) is 67.6 cm³/mol. The van der Waals surface area contributed by atoms with Crippen LogP contribution in [-0.2, 0) is 4.79 Å². The molecule has 4 nitrogen and oxygen atoms in total. The Hall–Kier alpha value is -0.260. The maximum atomic E-state index is 11.6. The molecule has 1 heterocycles. The fourth-order valence-electron chi connectivity index (χ4n) is 1.66. The summed E-state index contributed by atoms with van der Waals surface area (Å²) in [4.78, 5) is 11.6. The van der Waals surface area contributed by atoms with Crippen molar-refractivity contribution in [3.63, 3.8) is 0 Å². The molecular formula is C11H22N2O2S. The highest BCUT2D eigenvalue weighted by molar-refractivity contribution is 7.99. The maximum absolute atomic E-state index is 11.6. The Balaban J connectivity index is 2.10. The summed E-state index contributed by atoms with van der Waals surface area (Å²) in [7, 11) is 0. The minimum Gasteiger partial charge on any atom is -0.396 e. The molecule has 1 amide bonds. The molecule has 1 fully saturated rings. The first-order chi connectivity index (χ1) is 7.72. The fraction of sp³-hybridized carbons (Fsp3) is 0.909. The molecule has 5 heteroatoms. The van der Waals surface area contributed by atoms with Crippen LogP contribution in [0.25, 0.3) is 0 Å². The number of hydrogen-bond acceptors (Lipinski definition) is 4. The van der Waals surface area contributed by atoms with E-state index in [4.69, 9.17) is 5.11 Å². The predicted octanol–water partition coefficient (Wildman–Crippen LogP) is 0.216. The lowest BCUT2D eigenvalue weighted by Gasteiger charge is -2.22. The van der Waals surface area contributed by atoms with Gasteiger partial charge in [-0.2, -0.15) is 11.8 Å². The SMILES string of the molecule is CC(CCO)CNC(=O)CC1CSCCN1. The Bertz CT molecular complexity index is 208. The van der Waals surface area contributed by atoms with Crippen LogP contribution in [0.4, 0.5) is 0 Å². The summed E-state index contributed by atoms with van der Waals surface area (Å²) in [5, 5.41) is 15.0. The maximum Gasteiger partial charge on any atom is 0.221 e. The van der Waals surface area contributed by atoms with Crippen LogP contribution in [0.3, 0.4) is 0 Å². The summed E-state index contributed by atoms with van der Waals surface area (Å²) in [5.41, 5.74) is 0. The summed E-state index contributed by atoms with van der Waals surface area (Å²) in [6, 6.07) is 0.326. The van der Waals surface area contributed by atoms with E-state index >= 15 is 0 Å². The van der Waals surface area contributed by atoms with Crippen LogP contribution in [0.1, 0.15) is 19.8 Å². The molecule has 2 atom stereocenters. The third-order valence-corrected chi connectivity index (χ3v) is 3.83. The van der Waals surface area contributed by atoms with E-state index in [2.05, 4.69) is 10.6 Å². The topological polar surface area (TPSA) is 61.4 Å². The third-order valence-electron chi connectivity index (χ3n) is 2.70. The number of rotatable bonds is 6. The molecule has 16 heavy (non-hydrogen) atoms. The van der Waals surface area contributed by atoms with Gasteiger partial charge in [0.25, 0.3) is 0 Å². The van der Waals surface area contributed by atoms with E-state index in [1.807, 2.05) is 18.7 Å². The van der Waals surface area contributed by atoms with Gasteiger partial charge in [0.15, 0.2) is 0 Å². The Labute approximate surface area is 102 Å². The molecule has 3 N–H and O–H groups in total. The van der Waals surface area contributed by atoms with Gasteiger partial charge in [0.05, 0.1) is 0 Å². The van der Waals surface area contributed by atoms with E-state index in [0.717, 1.165) is 24.5 Å². The van der Waals surface area contributed by atoms with Gasteiger partial charge in [0.1, 0.15) is 0 Å². The van der Waals surface area contributed by atoms with Gasteiger partial charge in [-0.15, -0.1) is 0 Å². The molecule has 0 aromatic heterocycles. The third kappa shape index (κ3) is 5.72. The quantitative estimate of drug-likeness (QED) is 0.627. The van der Waals surface area contributed by atoms with Crippen LogP contribution in [0.2, 0.25) is 0 Å². The smallest absolute Gasteiger partial charge is 0.221 e. The normalized spacial score (nSPS) is 22.8. The Morgan fingerprint density at radius 1 is 1.69 bits per heavy atom. The van der Waals surface area contributed by atoms with Gasteiger partial charge in [-0.25, -0.2) is 0 Å². The lowest BCUT2D eigenvalue weighted by Crippen LogP contribution is -2.42. The van der Waals surface area contributed by atoms with E-state index in [0.29, 0.717) is 24.9 Å². The molecule has 2 unspecified atom stereocenters. The molecule has 0 radical (unpaired) electrons. The molecule has 1 aliphatic rings. The van der Waals surface area contributed by atoms with Crippen molar-refractivity contribution in [3.05, 3.63) is 0 Å². The van der Waals surface area contributed by atoms with E-state index in [-0.39, 0.29) is 12.5 Å². The zero-order chi connectivity index (χ0) is 11.8. The van der Waals surface area contributed by atoms with Crippen molar-refractivity contribution in [2.24, 2.45) is 5.92 Å². The van der Waals surface area contributed by atoms with Crippen LogP contribution >= 0.6 is 11.8 Å². The fourth-order valence-corrected chi connectivity index (χ4v) is 2.61. The zero-order valence-electron chi connectivity index (χ0n) is 9.87. The van der Waals surface area contributed by atoms with Crippen molar-refractivity contribution >= 4 is 17.7 Å². The molecule has 0 aromatic carbocycles. The van der Waals surface area contributed by atoms with E-state index in [9.17, 15) is 4.79 Å². The standard InChI is InChI=1S/C11H22N2O2S/c1-9(2-4-14)7-13-11(15)6-10-8-16-5-3-12-10/h9-10,12,14H,2-8H2,1H3,(H,13,15). The molecule has 1 saturated heterocycles. The van der Waals surface area contributed by atoms with Crippen molar-refractivity contribution in [3.8, 4) is 0 Å². The van der Waals surface area contributed by atoms with Gasteiger partial charge in [-0.05, 0) is 12.3 Å². The van der Waals surface area contributed by atoms with E-state index < -0.39 is 0 Å². The highest BCUT2D eigenvalue weighted by Crippen LogP contribution is 2.10. The lowest BCUT2D eigenvalue weighted by molar-refractivity contribution is -0.121. The molecule has 1 aliphatic heterocycles. The molecular weight excluding hydrogens is 224 g/mol. The number of carbonyl (C=O) groups is 1. The van der Waals surface area contributed by atoms with Gasteiger partial charge < -0.3 is 15.7 Å². The highest BCUT2D eigenvalue weighted by Gasteiger charge is 2.16. The zero-order valence-corrected chi connectivity index (χ0v) is 10.7. The monoisotopic (exact) mass is 246 g/mol. The van der Waals surface area contributed by atoms with Crippen LogP contribution in [-0.4, -0.2) is 48.3 Å². The number of aliphatic hydroxyl groups excluding tert-OH is 1. The number of thioether (sulfide) groups is 1. The summed E-state index contributed by atoms with van der Waals surface area (Å²) < 4.78 is 0. The molecule has 94 valence electrons. The average molecular weight is 246 g/mol. The number of nitrogens with one attached hydrogen (secondary N) is 2. The van der Waals surface area contributed by atoms with Gasteiger partial charge >= 0.3 is 0 Å². The Kier molecular flexibility index (Phi) is 6.84. The molecule has 0 spiro atoms. The minimum absolute atomic E-state index is 0.116. The summed E-state index contributed by atoms with van der Waals surface area (Å²) in [6.45, 7) is 3.89. The number of aliphatic hydroxyl groups is 1.